The zero-order valence-electron chi connectivity index (χ0n) is 9.62. The second-order valence-electron chi connectivity index (χ2n) is 3.92. The van der Waals surface area contributed by atoms with Crippen LogP contribution in [0.5, 0.6) is 0 Å². The summed E-state index contributed by atoms with van der Waals surface area (Å²) in [5.41, 5.74) is 1.01. The Morgan fingerprint density at radius 1 is 1.21 bits per heavy atom. The molecule has 5 nitrogen and oxygen atoms in total. The summed E-state index contributed by atoms with van der Waals surface area (Å²) in [6.07, 6.45) is 1.22. The average molecular weight is 257 g/mol. The first-order valence-electron chi connectivity index (χ1n) is 5.50. The molecule has 0 fully saturated rings. The maximum absolute atomic E-state index is 13.7. The molecule has 0 bridgehead atoms. The first-order valence-corrected chi connectivity index (χ1v) is 5.50. The van der Waals surface area contributed by atoms with Gasteiger partial charge >= 0.3 is 5.97 Å². The van der Waals surface area contributed by atoms with Crippen molar-refractivity contribution in [1.82, 2.24) is 14.6 Å². The second-order valence-corrected chi connectivity index (χ2v) is 3.92. The van der Waals surface area contributed by atoms with E-state index in [1.165, 1.54) is 16.8 Å². The predicted molar refractivity (Wildman–Crippen MR) is 65.3 cm³/mol. The minimum atomic E-state index is -1.13. The van der Waals surface area contributed by atoms with Crippen molar-refractivity contribution in [3.63, 3.8) is 0 Å². The van der Waals surface area contributed by atoms with Crippen LogP contribution in [-0.4, -0.2) is 25.7 Å². The summed E-state index contributed by atoms with van der Waals surface area (Å²) in [5.74, 6) is -1.54. The van der Waals surface area contributed by atoms with Crippen molar-refractivity contribution in [1.29, 1.82) is 0 Å². The molecule has 0 spiro atoms. The van der Waals surface area contributed by atoms with Gasteiger partial charge in [0.1, 0.15) is 5.82 Å². The van der Waals surface area contributed by atoms with Crippen molar-refractivity contribution in [3.05, 3.63) is 54.1 Å². The maximum Gasteiger partial charge on any atom is 0.356 e. The van der Waals surface area contributed by atoms with Crippen molar-refractivity contribution < 1.29 is 14.3 Å². The van der Waals surface area contributed by atoms with Crippen LogP contribution in [0.25, 0.3) is 16.9 Å². The van der Waals surface area contributed by atoms with Crippen molar-refractivity contribution in [3.8, 4) is 11.3 Å². The van der Waals surface area contributed by atoms with E-state index in [4.69, 9.17) is 5.11 Å². The largest absolute Gasteiger partial charge is 0.476 e. The number of benzene rings is 1. The van der Waals surface area contributed by atoms with Gasteiger partial charge in [-0.3, -0.25) is 0 Å². The number of halogens is 1. The average Bonchev–Trinajstić information content (AvgIpc) is 2.82. The lowest BCUT2D eigenvalue weighted by molar-refractivity contribution is 0.0688. The van der Waals surface area contributed by atoms with E-state index in [2.05, 4.69) is 10.1 Å². The standard InChI is InChI=1S/C13H8FN3O2/c14-9-4-2-1-3-8(9)10-5-6-12-15-7-11(13(18)19)17(12)16-10/h1-7H,(H,18,19). The highest BCUT2D eigenvalue weighted by Crippen LogP contribution is 2.20. The monoisotopic (exact) mass is 257 g/mol. The van der Waals surface area contributed by atoms with Crippen LogP contribution in [-0.2, 0) is 0 Å². The number of aromatic carboxylic acids is 1. The summed E-state index contributed by atoms with van der Waals surface area (Å²) in [4.78, 5) is 14.9. The van der Waals surface area contributed by atoms with E-state index in [0.717, 1.165) is 0 Å². The quantitative estimate of drug-likeness (QED) is 0.764. The molecular formula is C13H8FN3O2. The van der Waals surface area contributed by atoms with Gasteiger partial charge in [-0.25, -0.2) is 18.7 Å². The number of fused-ring (bicyclic) bond motifs is 1. The van der Waals surface area contributed by atoms with Gasteiger partial charge in [-0.2, -0.15) is 5.10 Å². The molecule has 1 N–H and O–H groups in total. The van der Waals surface area contributed by atoms with Gasteiger partial charge < -0.3 is 5.11 Å². The van der Waals surface area contributed by atoms with Crippen LogP contribution in [0.1, 0.15) is 10.5 Å². The molecule has 1 aromatic carbocycles. The Balaban J connectivity index is 2.24. The molecule has 3 aromatic rings. The zero-order chi connectivity index (χ0) is 13.4. The Morgan fingerprint density at radius 2 is 2.00 bits per heavy atom. The van der Waals surface area contributed by atoms with Gasteiger partial charge in [-0.1, -0.05) is 12.1 Å². The number of hydrogen-bond donors (Lipinski definition) is 1. The van der Waals surface area contributed by atoms with E-state index in [1.807, 2.05) is 0 Å². The molecule has 0 unspecified atom stereocenters. The number of aromatic nitrogens is 3. The van der Waals surface area contributed by atoms with Gasteiger partial charge in [-0.05, 0) is 24.3 Å². The predicted octanol–water partition coefficient (Wildman–Crippen LogP) is 2.23. The highest BCUT2D eigenvalue weighted by molar-refractivity contribution is 5.86. The van der Waals surface area contributed by atoms with Crippen LogP contribution in [0.15, 0.2) is 42.6 Å². The summed E-state index contributed by atoms with van der Waals surface area (Å²) in [6.45, 7) is 0. The lowest BCUT2D eigenvalue weighted by atomic mass is 10.1. The Morgan fingerprint density at radius 3 is 2.74 bits per heavy atom. The third-order valence-electron chi connectivity index (χ3n) is 2.73. The number of nitrogens with zero attached hydrogens (tertiary/aromatic N) is 3. The van der Waals surface area contributed by atoms with Gasteiger partial charge in [0.15, 0.2) is 11.3 Å². The van der Waals surface area contributed by atoms with Crippen molar-refractivity contribution in [2.24, 2.45) is 0 Å². The molecular weight excluding hydrogens is 249 g/mol. The van der Waals surface area contributed by atoms with E-state index in [-0.39, 0.29) is 5.69 Å². The Labute approximate surface area is 107 Å². The zero-order valence-corrected chi connectivity index (χ0v) is 9.62. The summed E-state index contributed by atoms with van der Waals surface area (Å²) >= 11 is 0. The molecule has 6 heteroatoms. The van der Waals surface area contributed by atoms with Gasteiger partial charge in [0.2, 0.25) is 0 Å². The summed E-state index contributed by atoms with van der Waals surface area (Å²) in [7, 11) is 0. The highest BCUT2D eigenvalue weighted by Gasteiger charge is 2.13. The molecule has 0 amide bonds. The molecule has 2 aromatic heterocycles. The van der Waals surface area contributed by atoms with Crippen molar-refractivity contribution in [2.45, 2.75) is 0 Å². The fourth-order valence-electron chi connectivity index (χ4n) is 1.83. The number of imidazole rings is 1. The van der Waals surface area contributed by atoms with Gasteiger partial charge in [0, 0.05) is 5.56 Å². The van der Waals surface area contributed by atoms with Crippen LogP contribution in [0.3, 0.4) is 0 Å². The number of hydrogen-bond acceptors (Lipinski definition) is 3. The van der Waals surface area contributed by atoms with Crippen molar-refractivity contribution >= 4 is 11.6 Å². The van der Waals surface area contributed by atoms with E-state index in [0.29, 0.717) is 16.9 Å². The first kappa shape index (κ1) is 11.3. The SMILES string of the molecule is O=C(O)c1cnc2ccc(-c3ccccc3F)nn12. The minimum absolute atomic E-state index is 0.0619. The molecule has 94 valence electrons. The van der Waals surface area contributed by atoms with Crippen LogP contribution in [0, 0.1) is 5.82 Å². The van der Waals surface area contributed by atoms with Crippen LogP contribution in [0.4, 0.5) is 4.39 Å². The number of carbonyl (C=O) groups is 1. The summed E-state index contributed by atoms with van der Waals surface area (Å²) < 4.78 is 14.9. The van der Waals surface area contributed by atoms with Crippen LogP contribution < -0.4 is 0 Å². The van der Waals surface area contributed by atoms with Crippen molar-refractivity contribution in [2.75, 3.05) is 0 Å². The van der Waals surface area contributed by atoms with E-state index >= 15 is 0 Å². The highest BCUT2D eigenvalue weighted by atomic mass is 19.1. The van der Waals surface area contributed by atoms with E-state index < -0.39 is 11.8 Å². The molecule has 0 atom stereocenters. The minimum Gasteiger partial charge on any atom is -0.476 e. The molecule has 0 aliphatic heterocycles. The number of carboxylic acid groups (broad SMARTS) is 1. The summed E-state index contributed by atoms with van der Waals surface area (Å²) in [6, 6.07) is 9.38. The normalized spacial score (nSPS) is 10.8. The third kappa shape index (κ3) is 1.83. The smallest absolute Gasteiger partial charge is 0.356 e. The van der Waals surface area contributed by atoms with E-state index in [9.17, 15) is 9.18 Å². The topological polar surface area (TPSA) is 67.5 Å². The first-order chi connectivity index (χ1) is 9.16. The number of rotatable bonds is 2. The van der Waals surface area contributed by atoms with Crippen LogP contribution >= 0.6 is 0 Å². The number of carboxylic acids is 1. The molecule has 0 aliphatic carbocycles. The molecule has 0 aliphatic rings. The Bertz CT molecular complexity index is 782. The lowest BCUT2D eigenvalue weighted by Gasteiger charge is -2.03. The molecule has 3 rings (SSSR count). The lowest BCUT2D eigenvalue weighted by Crippen LogP contribution is -2.05. The van der Waals surface area contributed by atoms with E-state index in [1.54, 1.807) is 30.3 Å². The Kier molecular flexibility index (Phi) is 2.49. The molecule has 0 saturated carbocycles. The molecule has 0 saturated heterocycles. The molecule has 0 radical (unpaired) electrons. The van der Waals surface area contributed by atoms with Gasteiger partial charge in [-0.15, -0.1) is 0 Å². The van der Waals surface area contributed by atoms with Gasteiger partial charge in [0.05, 0.1) is 11.9 Å². The molecule has 2 heterocycles. The summed E-state index contributed by atoms with van der Waals surface area (Å²) in [5, 5.41) is 13.1. The second kappa shape index (κ2) is 4.16. The Hall–Kier alpha value is -2.76. The van der Waals surface area contributed by atoms with Crippen LogP contribution in [0.2, 0.25) is 0 Å². The maximum atomic E-state index is 13.7. The molecule has 19 heavy (non-hydrogen) atoms. The van der Waals surface area contributed by atoms with Gasteiger partial charge in [0.25, 0.3) is 0 Å². The fourth-order valence-corrected chi connectivity index (χ4v) is 1.83. The fraction of sp³-hybridized carbons (Fsp3) is 0. The third-order valence-corrected chi connectivity index (χ3v) is 2.73.